The summed E-state index contributed by atoms with van der Waals surface area (Å²) in [5, 5.41) is 9.75. The van der Waals surface area contributed by atoms with Crippen LogP contribution in [0.1, 0.15) is 19.8 Å². The topological polar surface area (TPSA) is 38.7 Å². The molecule has 0 heterocycles. The zero-order chi connectivity index (χ0) is 12.3. The summed E-state index contributed by atoms with van der Waals surface area (Å²) in [7, 11) is 0. The standard InChI is InChI=1S/C13H18O3/c1-4-6-8-13(3,14)9-7-11-16-12-15-10-5-2/h2,4,14H,1,6,8,10-12H2,3H3/t13-/m0/s1. The molecule has 0 aromatic heterocycles. The van der Waals surface area contributed by atoms with Crippen LogP contribution in [0.3, 0.4) is 0 Å². The van der Waals surface area contributed by atoms with Gasteiger partial charge in [-0.2, -0.15) is 0 Å². The molecule has 0 amide bonds. The van der Waals surface area contributed by atoms with Crippen molar-refractivity contribution < 1.29 is 14.6 Å². The smallest absolute Gasteiger partial charge is 0.149 e. The Labute approximate surface area is 97.4 Å². The van der Waals surface area contributed by atoms with Crippen LogP contribution in [0.25, 0.3) is 0 Å². The van der Waals surface area contributed by atoms with Crippen LogP contribution >= 0.6 is 0 Å². The van der Waals surface area contributed by atoms with Crippen molar-refractivity contribution >= 4 is 0 Å². The van der Waals surface area contributed by atoms with E-state index in [0.717, 1.165) is 6.42 Å². The summed E-state index contributed by atoms with van der Waals surface area (Å²) in [5.41, 5.74) is -0.989. The largest absolute Gasteiger partial charge is 0.378 e. The first-order valence-electron chi connectivity index (χ1n) is 5.04. The second kappa shape index (κ2) is 9.00. The summed E-state index contributed by atoms with van der Waals surface area (Å²) in [6.45, 7) is 5.81. The molecule has 0 spiro atoms. The maximum Gasteiger partial charge on any atom is 0.149 e. The molecule has 0 fully saturated rings. The van der Waals surface area contributed by atoms with Gasteiger partial charge in [0.15, 0.2) is 0 Å². The molecule has 0 saturated carbocycles. The van der Waals surface area contributed by atoms with Gasteiger partial charge in [0, 0.05) is 0 Å². The Morgan fingerprint density at radius 1 is 1.44 bits per heavy atom. The van der Waals surface area contributed by atoms with Gasteiger partial charge in [0.25, 0.3) is 0 Å². The zero-order valence-electron chi connectivity index (χ0n) is 9.66. The molecule has 1 N–H and O–H groups in total. The minimum Gasteiger partial charge on any atom is -0.378 e. The summed E-state index contributed by atoms with van der Waals surface area (Å²) in [5.74, 6) is 7.76. The molecule has 16 heavy (non-hydrogen) atoms. The molecule has 0 aromatic carbocycles. The minimum absolute atomic E-state index is 0.119. The first-order chi connectivity index (χ1) is 7.62. The molecular weight excluding hydrogens is 204 g/mol. The SMILES string of the molecule is C#CCOCOCC#C[C@@](C)(O)CCC=C. The van der Waals surface area contributed by atoms with Crippen molar-refractivity contribution in [2.75, 3.05) is 20.0 Å². The maximum absolute atomic E-state index is 9.75. The highest BCUT2D eigenvalue weighted by atomic mass is 16.7. The number of ether oxygens (including phenoxy) is 2. The second-order valence-corrected chi connectivity index (χ2v) is 3.42. The summed E-state index contributed by atoms with van der Waals surface area (Å²) in [4.78, 5) is 0. The third-order valence-corrected chi connectivity index (χ3v) is 1.72. The van der Waals surface area contributed by atoms with Gasteiger partial charge >= 0.3 is 0 Å². The van der Waals surface area contributed by atoms with Gasteiger partial charge in [0.1, 0.15) is 25.6 Å². The van der Waals surface area contributed by atoms with Gasteiger partial charge in [-0.05, 0) is 19.8 Å². The van der Waals surface area contributed by atoms with Crippen LogP contribution in [-0.2, 0) is 9.47 Å². The van der Waals surface area contributed by atoms with E-state index in [1.54, 1.807) is 13.0 Å². The molecule has 0 aliphatic carbocycles. The predicted octanol–water partition coefficient (Wildman–Crippen LogP) is 1.33. The Morgan fingerprint density at radius 3 is 2.75 bits per heavy atom. The molecule has 0 unspecified atom stereocenters. The van der Waals surface area contributed by atoms with Crippen molar-refractivity contribution in [3.05, 3.63) is 12.7 Å². The molecule has 3 nitrogen and oxygen atoms in total. The van der Waals surface area contributed by atoms with E-state index in [9.17, 15) is 5.11 Å². The molecule has 3 heteroatoms. The fourth-order valence-corrected chi connectivity index (χ4v) is 0.924. The average Bonchev–Trinajstić information content (AvgIpc) is 2.25. The molecule has 0 aliphatic rings. The Bertz CT molecular complexity index is 289. The van der Waals surface area contributed by atoms with Crippen LogP contribution < -0.4 is 0 Å². The van der Waals surface area contributed by atoms with Gasteiger partial charge in [-0.3, -0.25) is 0 Å². The van der Waals surface area contributed by atoms with Crippen LogP contribution in [0.15, 0.2) is 12.7 Å². The lowest BCUT2D eigenvalue weighted by Gasteiger charge is -2.14. The van der Waals surface area contributed by atoms with Gasteiger partial charge < -0.3 is 14.6 Å². The number of aliphatic hydroxyl groups is 1. The third kappa shape index (κ3) is 9.30. The summed E-state index contributed by atoms with van der Waals surface area (Å²) < 4.78 is 9.89. The molecule has 0 saturated heterocycles. The molecule has 0 rings (SSSR count). The lowest BCUT2D eigenvalue weighted by molar-refractivity contribution is -0.0295. The number of allylic oxidation sites excluding steroid dienone is 1. The molecular formula is C13H18O3. The molecule has 0 bridgehead atoms. The van der Waals surface area contributed by atoms with E-state index in [1.807, 2.05) is 0 Å². The van der Waals surface area contributed by atoms with E-state index < -0.39 is 5.60 Å². The number of hydrogen-bond donors (Lipinski definition) is 1. The van der Waals surface area contributed by atoms with E-state index in [0.29, 0.717) is 6.42 Å². The quantitative estimate of drug-likeness (QED) is 0.306. The first kappa shape index (κ1) is 14.7. The van der Waals surface area contributed by atoms with Crippen molar-refractivity contribution in [2.24, 2.45) is 0 Å². The van der Waals surface area contributed by atoms with Gasteiger partial charge in [-0.1, -0.05) is 23.8 Å². The molecule has 0 aromatic rings. The predicted molar refractivity (Wildman–Crippen MR) is 63.4 cm³/mol. The van der Waals surface area contributed by atoms with Crippen molar-refractivity contribution in [3.63, 3.8) is 0 Å². The highest BCUT2D eigenvalue weighted by Gasteiger charge is 2.14. The van der Waals surface area contributed by atoms with E-state index in [1.165, 1.54) is 0 Å². The maximum atomic E-state index is 9.75. The van der Waals surface area contributed by atoms with Crippen LogP contribution in [0.2, 0.25) is 0 Å². The van der Waals surface area contributed by atoms with Gasteiger partial charge in [0.2, 0.25) is 0 Å². The summed E-state index contributed by atoms with van der Waals surface area (Å²) >= 11 is 0. The van der Waals surface area contributed by atoms with Crippen molar-refractivity contribution in [2.45, 2.75) is 25.4 Å². The van der Waals surface area contributed by atoms with E-state index in [-0.39, 0.29) is 20.0 Å². The Balaban J connectivity index is 3.66. The second-order valence-electron chi connectivity index (χ2n) is 3.42. The van der Waals surface area contributed by atoms with E-state index in [4.69, 9.17) is 15.9 Å². The number of hydrogen-bond acceptors (Lipinski definition) is 3. The normalized spacial score (nSPS) is 13.1. The highest BCUT2D eigenvalue weighted by molar-refractivity contribution is 5.12. The summed E-state index contributed by atoms with van der Waals surface area (Å²) in [6, 6.07) is 0. The summed E-state index contributed by atoms with van der Waals surface area (Å²) in [6.07, 6.45) is 8.02. The molecule has 0 radical (unpaired) electrons. The van der Waals surface area contributed by atoms with Gasteiger partial charge in [-0.25, -0.2) is 0 Å². The fraction of sp³-hybridized carbons (Fsp3) is 0.538. The van der Waals surface area contributed by atoms with Crippen LogP contribution in [0.4, 0.5) is 0 Å². The fourth-order valence-electron chi connectivity index (χ4n) is 0.924. The lowest BCUT2D eigenvalue weighted by atomic mass is 10.0. The van der Waals surface area contributed by atoms with E-state index in [2.05, 4.69) is 24.3 Å². The van der Waals surface area contributed by atoms with E-state index >= 15 is 0 Å². The minimum atomic E-state index is -0.989. The Kier molecular flexibility index (Phi) is 8.29. The van der Waals surface area contributed by atoms with Crippen LogP contribution in [0, 0.1) is 24.2 Å². The Hall–Kier alpha value is -1.26. The van der Waals surface area contributed by atoms with Crippen molar-refractivity contribution in [1.29, 1.82) is 0 Å². The van der Waals surface area contributed by atoms with Gasteiger partial charge in [0.05, 0.1) is 0 Å². The highest BCUT2D eigenvalue weighted by Crippen LogP contribution is 2.10. The van der Waals surface area contributed by atoms with Crippen molar-refractivity contribution in [1.82, 2.24) is 0 Å². The van der Waals surface area contributed by atoms with Crippen LogP contribution in [-0.4, -0.2) is 30.7 Å². The van der Waals surface area contributed by atoms with Crippen LogP contribution in [0.5, 0.6) is 0 Å². The van der Waals surface area contributed by atoms with Crippen molar-refractivity contribution in [3.8, 4) is 24.2 Å². The third-order valence-electron chi connectivity index (χ3n) is 1.72. The zero-order valence-corrected chi connectivity index (χ0v) is 9.66. The lowest BCUT2D eigenvalue weighted by Crippen LogP contribution is -2.21. The van der Waals surface area contributed by atoms with Gasteiger partial charge in [-0.15, -0.1) is 13.0 Å². The molecule has 88 valence electrons. The number of terminal acetylenes is 1. The number of rotatable bonds is 7. The first-order valence-corrected chi connectivity index (χ1v) is 5.04. The monoisotopic (exact) mass is 222 g/mol. The average molecular weight is 222 g/mol. The molecule has 1 atom stereocenters. The molecule has 0 aliphatic heterocycles. The Morgan fingerprint density at radius 2 is 2.12 bits per heavy atom.